The number of nitrogens with zero attached hydrogens (tertiary/aromatic N) is 3. The second-order valence-electron chi connectivity index (χ2n) is 7.39. The van der Waals surface area contributed by atoms with E-state index in [1.54, 1.807) is 23.1 Å². The number of amides is 1. The predicted molar refractivity (Wildman–Crippen MR) is 128 cm³/mol. The van der Waals surface area contributed by atoms with Crippen molar-refractivity contribution in [2.24, 2.45) is 0 Å². The van der Waals surface area contributed by atoms with Crippen LogP contribution in [0.3, 0.4) is 0 Å². The highest BCUT2D eigenvalue weighted by Gasteiger charge is 2.18. The van der Waals surface area contributed by atoms with Crippen molar-refractivity contribution in [2.75, 3.05) is 13.7 Å². The van der Waals surface area contributed by atoms with E-state index >= 15 is 0 Å². The maximum Gasteiger partial charge on any atom is 0.263 e. The molecule has 6 nitrogen and oxygen atoms in total. The highest BCUT2D eigenvalue weighted by Crippen LogP contribution is 2.31. The molecule has 2 heterocycles. The molecule has 0 atom stereocenters. The van der Waals surface area contributed by atoms with Crippen LogP contribution in [-0.2, 0) is 17.9 Å². The zero-order valence-corrected chi connectivity index (χ0v) is 19.6. The number of methoxy groups -OCH3 is 1. The van der Waals surface area contributed by atoms with Crippen molar-refractivity contribution >= 4 is 39.1 Å². The smallest absolute Gasteiger partial charge is 0.263 e. The molecular formula is C24H21ClFN3O3S. The van der Waals surface area contributed by atoms with Gasteiger partial charge < -0.3 is 9.64 Å². The average molecular weight is 486 g/mol. The van der Waals surface area contributed by atoms with Gasteiger partial charge >= 0.3 is 0 Å². The quantitative estimate of drug-likeness (QED) is 0.370. The van der Waals surface area contributed by atoms with Gasteiger partial charge in [0.05, 0.1) is 18.8 Å². The van der Waals surface area contributed by atoms with Crippen molar-refractivity contribution in [3.8, 4) is 16.9 Å². The van der Waals surface area contributed by atoms with E-state index < -0.39 is 5.82 Å². The fourth-order valence-electron chi connectivity index (χ4n) is 3.57. The van der Waals surface area contributed by atoms with Crippen LogP contribution in [0.4, 0.5) is 4.39 Å². The Balaban J connectivity index is 1.59. The summed E-state index contributed by atoms with van der Waals surface area (Å²) in [6.07, 6.45) is 1.39. The minimum atomic E-state index is -0.489. The van der Waals surface area contributed by atoms with Crippen LogP contribution < -0.4 is 10.3 Å². The van der Waals surface area contributed by atoms with Gasteiger partial charge in [0.25, 0.3) is 5.56 Å². The van der Waals surface area contributed by atoms with Gasteiger partial charge in [-0.05, 0) is 42.3 Å². The van der Waals surface area contributed by atoms with Crippen LogP contribution in [0.2, 0.25) is 5.02 Å². The van der Waals surface area contributed by atoms with E-state index in [-0.39, 0.29) is 30.3 Å². The number of carbonyl (C=O) groups excluding carboxylic acids is 1. The number of ether oxygens (including phenoxy) is 1. The third kappa shape index (κ3) is 4.77. The van der Waals surface area contributed by atoms with Gasteiger partial charge in [-0.25, -0.2) is 9.37 Å². The van der Waals surface area contributed by atoms with Gasteiger partial charge in [0.1, 0.15) is 11.4 Å². The lowest BCUT2D eigenvalue weighted by molar-refractivity contribution is -0.132. The Bertz CT molecular complexity index is 1370. The fraction of sp³-hybridized carbons (Fsp3) is 0.208. The van der Waals surface area contributed by atoms with Crippen molar-refractivity contribution in [3.63, 3.8) is 0 Å². The molecule has 0 radical (unpaired) electrons. The Morgan fingerprint density at radius 2 is 2.00 bits per heavy atom. The first kappa shape index (κ1) is 22.9. The molecule has 9 heteroatoms. The first-order chi connectivity index (χ1) is 15.9. The van der Waals surface area contributed by atoms with Gasteiger partial charge in [-0.15, -0.1) is 11.3 Å². The minimum Gasteiger partial charge on any atom is -0.494 e. The Morgan fingerprint density at radius 1 is 1.24 bits per heavy atom. The Labute approximate surface area is 198 Å². The molecule has 0 aliphatic carbocycles. The van der Waals surface area contributed by atoms with Crippen LogP contribution in [0.5, 0.6) is 5.75 Å². The van der Waals surface area contributed by atoms with Crippen LogP contribution in [0.25, 0.3) is 21.3 Å². The predicted octanol–water partition coefficient (Wildman–Crippen LogP) is 4.97. The number of thiophene rings is 1. The molecule has 170 valence electrons. The number of fused-ring (bicyclic) bond motifs is 1. The third-order valence-electron chi connectivity index (χ3n) is 5.35. The standard InChI is InChI=1S/C24H21ClFN3O3S/c1-3-28(11-15-4-9-20(32-2)19(26)10-15)21(30)12-29-14-27-23-22(24(29)31)18(13-33-23)16-5-7-17(25)8-6-16/h4-10,13-14H,3,11-12H2,1-2H3. The molecule has 0 saturated carbocycles. The van der Waals surface area contributed by atoms with E-state index in [1.807, 2.05) is 24.4 Å². The van der Waals surface area contributed by atoms with Crippen LogP contribution >= 0.6 is 22.9 Å². The van der Waals surface area contributed by atoms with Crippen molar-refractivity contribution in [2.45, 2.75) is 20.0 Å². The monoisotopic (exact) mass is 485 g/mol. The first-order valence-electron chi connectivity index (χ1n) is 10.2. The number of likely N-dealkylation sites (N-methyl/N-ethyl adjacent to an activating group) is 1. The second-order valence-corrected chi connectivity index (χ2v) is 8.69. The van der Waals surface area contributed by atoms with E-state index in [1.165, 1.54) is 41.5 Å². The molecule has 0 unspecified atom stereocenters. The summed E-state index contributed by atoms with van der Waals surface area (Å²) in [4.78, 5) is 32.8. The van der Waals surface area contributed by atoms with E-state index in [0.29, 0.717) is 27.3 Å². The molecule has 1 amide bonds. The summed E-state index contributed by atoms with van der Waals surface area (Å²) in [5, 5.41) is 2.96. The van der Waals surface area contributed by atoms with Gasteiger partial charge in [-0.3, -0.25) is 14.2 Å². The normalized spacial score (nSPS) is 11.0. The Kier molecular flexibility index (Phi) is 6.76. The zero-order chi connectivity index (χ0) is 23.5. The number of aromatic nitrogens is 2. The van der Waals surface area contributed by atoms with E-state index in [4.69, 9.17) is 16.3 Å². The largest absolute Gasteiger partial charge is 0.494 e. The highest BCUT2D eigenvalue weighted by molar-refractivity contribution is 7.17. The van der Waals surface area contributed by atoms with Crippen molar-refractivity contribution in [3.05, 3.63) is 80.9 Å². The number of rotatable bonds is 7. The van der Waals surface area contributed by atoms with Crippen molar-refractivity contribution in [1.29, 1.82) is 0 Å². The number of halogens is 2. The average Bonchev–Trinajstić information content (AvgIpc) is 3.25. The SMILES string of the molecule is CCN(Cc1ccc(OC)c(F)c1)C(=O)Cn1cnc2scc(-c3ccc(Cl)cc3)c2c1=O. The van der Waals surface area contributed by atoms with Crippen molar-refractivity contribution in [1.82, 2.24) is 14.5 Å². The van der Waals surface area contributed by atoms with Gasteiger partial charge in [0, 0.05) is 29.1 Å². The maximum atomic E-state index is 14.0. The Hall–Kier alpha value is -3.23. The molecule has 4 aromatic rings. The topological polar surface area (TPSA) is 64.4 Å². The summed E-state index contributed by atoms with van der Waals surface area (Å²) in [6, 6.07) is 11.8. The van der Waals surface area contributed by atoms with Crippen LogP contribution in [0, 0.1) is 5.82 Å². The summed E-state index contributed by atoms with van der Waals surface area (Å²) in [6.45, 7) is 2.30. The van der Waals surface area contributed by atoms with Gasteiger partial charge in [-0.1, -0.05) is 29.8 Å². The molecule has 0 fully saturated rings. The van der Waals surface area contributed by atoms with Crippen LogP contribution in [0.15, 0.2) is 59.0 Å². The lowest BCUT2D eigenvalue weighted by Crippen LogP contribution is -2.36. The van der Waals surface area contributed by atoms with E-state index in [2.05, 4.69) is 4.98 Å². The van der Waals surface area contributed by atoms with E-state index in [0.717, 1.165) is 11.1 Å². The van der Waals surface area contributed by atoms with Crippen molar-refractivity contribution < 1.29 is 13.9 Å². The number of carbonyl (C=O) groups is 1. The molecule has 0 bridgehead atoms. The maximum absolute atomic E-state index is 14.0. The molecule has 0 spiro atoms. The first-order valence-corrected chi connectivity index (χ1v) is 11.5. The summed E-state index contributed by atoms with van der Waals surface area (Å²) < 4.78 is 20.3. The molecule has 0 N–H and O–H groups in total. The Morgan fingerprint density at radius 3 is 2.67 bits per heavy atom. The van der Waals surface area contributed by atoms with Gasteiger partial charge in [0.2, 0.25) is 5.91 Å². The molecule has 0 aliphatic heterocycles. The molecule has 2 aromatic carbocycles. The summed E-state index contributed by atoms with van der Waals surface area (Å²) >= 11 is 7.36. The fourth-order valence-corrected chi connectivity index (χ4v) is 4.61. The molecule has 0 aliphatic rings. The summed E-state index contributed by atoms with van der Waals surface area (Å²) in [7, 11) is 1.40. The number of benzene rings is 2. The lowest BCUT2D eigenvalue weighted by atomic mass is 10.1. The second kappa shape index (κ2) is 9.72. The summed E-state index contributed by atoms with van der Waals surface area (Å²) in [5.41, 5.74) is 1.95. The molecule has 2 aromatic heterocycles. The molecular weight excluding hydrogens is 465 g/mol. The summed E-state index contributed by atoms with van der Waals surface area (Å²) in [5.74, 6) is -0.608. The molecule has 0 saturated heterocycles. The number of hydrogen-bond donors (Lipinski definition) is 0. The number of hydrogen-bond acceptors (Lipinski definition) is 5. The molecule has 33 heavy (non-hydrogen) atoms. The highest BCUT2D eigenvalue weighted by atomic mass is 35.5. The van der Waals surface area contributed by atoms with Gasteiger partial charge in [-0.2, -0.15) is 0 Å². The zero-order valence-electron chi connectivity index (χ0n) is 18.0. The van der Waals surface area contributed by atoms with Crippen LogP contribution in [0.1, 0.15) is 12.5 Å². The van der Waals surface area contributed by atoms with Gasteiger partial charge in [0.15, 0.2) is 11.6 Å². The van der Waals surface area contributed by atoms with E-state index in [9.17, 15) is 14.0 Å². The third-order valence-corrected chi connectivity index (χ3v) is 6.48. The minimum absolute atomic E-state index is 0.145. The van der Waals surface area contributed by atoms with Crippen LogP contribution in [-0.4, -0.2) is 34.0 Å². The lowest BCUT2D eigenvalue weighted by Gasteiger charge is -2.21. The molecule has 4 rings (SSSR count).